The first kappa shape index (κ1) is 18.3. The predicted octanol–water partition coefficient (Wildman–Crippen LogP) is 6.27. The maximum absolute atomic E-state index is 12.7. The smallest absolute Gasteiger partial charge is 0.229 e. The molecule has 0 bridgehead atoms. The maximum Gasteiger partial charge on any atom is 0.751 e. The zero-order valence-corrected chi connectivity index (χ0v) is 15.9. The van der Waals surface area contributed by atoms with E-state index >= 15 is 0 Å². The SMILES string of the molecule is CCc1ccccc1O[P+](=O)OC(C)(c1ccccc1)c1ccccc1. The fraction of sp³-hybridized carbons (Fsp3) is 0.182. The summed E-state index contributed by atoms with van der Waals surface area (Å²) in [6.45, 7) is 3.95. The van der Waals surface area contributed by atoms with Gasteiger partial charge in [0.2, 0.25) is 0 Å². The standard InChI is InChI=1S/C22H22O3P/c1-3-18-12-10-11-17-21(18)24-26(23)25-22(2,19-13-6-4-7-14-19)20-15-8-5-9-16-20/h4-17H,3H2,1-2H3/q+1. The van der Waals surface area contributed by atoms with Gasteiger partial charge in [-0.15, -0.1) is 0 Å². The van der Waals surface area contributed by atoms with E-state index in [-0.39, 0.29) is 0 Å². The van der Waals surface area contributed by atoms with E-state index in [4.69, 9.17) is 9.05 Å². The third-order valence-corrected chi connectivity index (χ3v) is 5.29. The van der Waals surface area contributed by atoms with Gasteiger partial charge in [-0.1, -0.05) is 90.3 Å². The molecule has 0 spiro atoms. The van der Waals surface area contributed by atoms with Gasteiger partial charge in [0.15, 0.2) is 11.4 Å². The lowest BCUT2D eigenvalue weighted by Gasteiger charge is -2.24. The van der Waals surface area contributed by atoms with E-state index in [2.05, 4.69) is 0 Å². The molecule has 4 heteroatoms. The largest absolute Gasteiger partial charge is 0.751 e. The van der Waals surface area contributed by atoms with Crippen LogP contribution in [0.3, 0.4) is 0 Å². The van der Waals surface area contributed by atoms with Gasteiger partial charge in [-0.2, -0.15) is 0 Å². The van der Waals surface area contributed by atoms with Crippen molar-refractivity contribution >= 4 is 8.25 Å². The summed E-state index contributed by atoms with van der Waals surface area (Å²) in [6.07, 6.45) is 0.800. The Kier molecular flexibility index (Phi) is 5.82. The summed E-state index contributed by atoms with van der Waals surface area (Å²) >= 11 is 0. The minimum atomic E-state index is -2.36. The second-order valence-electron chi connectivity index (χ2n) is 6.13. The maximum atomic E-state index is 12.7. The van der Waals surface area contributed by atoms with Crippen molar-refractivity contribution in [3.05, 3.63) is 102 Å². The average Bonchev–Trinajstić information content (AvgIpc) is 2.69. The van der Waals surface area contributed by atoms with Crippen molar-refractivity contribution in [3.63, 3.8) is 0 Å². The van der Waals surface area contributed by atoms with Gasteiger partial charge in [0.05, 0.1) is 0 Å². The molecule has 0 aromatic heterocycles. The highest BCUT2D eigenvalue weighted by molar-refractivity contribution is 7.33. The van der Waals surface area contributed by atoms with Crippen LogP contribution >= 0.6 is 8.25 Å². The normalized spacial score (nSPS) is 11.8. The number of aryl methyl sites for hydroxylation is 1. The van der Waals surface area contributed by atoms with Crippen LogP contribution in [0, 0.1) is 0 Å². The Morgan fingerprint density at radius 3 is 1.85 bits per heavy atom. The fourth-order valence-electron chi connectivity index (χ4n) is 2.92. The van der Waals surface area contributed by atoms with Crippen molar-refractivity contribution in [2.45, 2.75) is 25.9 Å². The Bertz CT molecular complexity index is 823. The molecule has 0 aliphatic carbocycles. The average molecular weight is 365 g/mol. The minimum Gasteiger partial charge on any atom is -0.229 e. The molecule has 0 saturated carbocycles. The molecule has 3 aromatic rings. The number of rotatable bonds is 7. The molecule has 0 amide bonds. The summed E-state index contributed by atoms with van der Waals surface area (Å²) in [5, 5.41) is 0. The first-order valence-electron chi connectivity index (χ1n) is 8.67. The van der Waals surface area contributed by atoms with Crippen LogP contribution in [0.4, 0.5) is 0 Å². The Morgan fingerprint density at radius 2 is 1.31 bits per heavy atom. The minimum absolute atomic E-state index is 0.597. The summed E-state index contributed by atoms with van der Waals surface area (Å²) in [4.78, 5) is 0. The Hall–Kier alpha value is -2.48. The highest BCUT2D eigenvalue weighted by atomic mass is 31.1. The van der Waals surface area contributed by atoms with Crippen molar-refractivity contribution in [3.8, 4) is 5.75 Å². The second-order valence-corrected chi connectivity index (χ2v) is 6.95. The van der Waals surface area contributed by atoms with Gasteiger partial charge >= 0.3 is 8.25 Å². The van der Waals surface area contributed by atoms with E-state index in [1.54, 1.807) is 0 Å². The van der Waals surface area contributed by atoms with E-state index in [9.17, 15) is 4.57 Å². The second kappa shape index (κ2) is 8.27. The Labute approximate surface area is 155 Å². The van der Waals surface area contributed by atoms with E-state index in [1.165, 1.54) is 0 Å². The first-order valence-corrected chi connectivity index (χ1v) is 9.76. The Morgan fingerprint density at radius 1 is 0.808 bits per heavy atom. The third-order valence-electron chi connectivity index (χ3n) is 4.43. The van der Waals surface area contributed by atoms with Crippen molar-refractivity contribution in [1.29, 1.82) is 0 Å². The first-order chi connectivity index (χ1) is 12.6. The summed E-state index contributed by atoms with van der Waals surface area (Å²) in [6, 6.07) is 27.1. The van der Waals surface area contributed by atoms with Gasteiger partial charge in [-0.05, 0) is 36.1 Å². The van der Waals surface area contributed by atoms with Crippen LogP contribution in [0.15, 0.2) is 84.9 Å². The molecule has 1 atom stereocenters. The summed E-state index contributed by atoms with van der Waals surface area (Å²) < 4.78 is 24.4. The Balaban J connectivity index is 1.90. The highest BCUT2D eigenvalue weighted by Crippen LogP contribution is 2.43. The summed E-state index contributed by atoms with van der Waals surface area (Å²) in [7, 11) is -2.36. The quantitative estimate of drug-likeness (QED) is 0.463. The fourth-order valence-corrected chi connectivity index (χ4v) is 3.80. The molecule has 3 aromatic carbocycles. The molecule has 0 aliphatic heterocycles. The molecule has 0 fully saturated rings. The van der Waals surface area contributed by atoms with Crippen LogP contribution in [0.2, 0.25) is 0 Å². The molecule has 132 valence electrons. The molecule has 3 rings (SSSR count). The lowest BCUT2D eigenvalue weighted by Crippen LogP contribution is -2.25. The number of para-hydroxylation sites is 1. The van der Waals surface area contributed by atoms with Crippen molar-refractivity contribution in [2.75, 3.05) is 0 Å². The molecule has 26 heavy (non-hydrogen) atoms. The molecule has 1 unspecified atom stereocenters. The van der Waals surface area contributed by atoms with E-state index in [0.717, 1.165) is 23.1 Å². The van der Waals surface area contributed by atoms with Crippen molar-refractivity contribution in [2.24, 2.45) is 0 Å². The molecular formula is C22H22O3P+. The monoisotopic (exact) mass is 365 g/mol. The van der Waals surface area contributed by atoms with E-state index in [1.807, 2.05) is 98.8 Å². The van der Waals surface area contributed by atoms with Gasteiger partial charge in [0, 0.05) is 4.57 Å². The summed E-state index contributed by atoms with van der Waals surface area (Å²) in [5.41, 5.74) is 1.96. The van der Waals surface area contributed by atoms with Gasteiger partial charge < -0.3 is 0 Å². The predicted molar refractivity (Wildman–Crippen MR) is 104 cm³/mol. The molecule has 0 aliphatic rings. The van der Waals surface area contributed by atoms with Crippen molar-refractivity contribution < 1.29 is 13.6 Å². The molecule has 0 radical (unpaired) electrons. The zero-order chi connectivity index (χ0) is 18.4. The lowest BCUT2D eigenvalue weighted by molar-refractivity contribution is 0.127. The van der Waals surface area contributed by atoms with Gasteiger partial charge in [-0.25, -0.2) is 4.52 Å². The van der Waals surface area contributed by atoms with Crippen LogP contribution in [0.25, 0.3) is 0 Å². The van der Waals surface area contributed by atoms with Crippen LogP contribution in [-0.4, -0.2) is 0 Å². The number of hydrogen-bond donors (Lipinski definition) is 0. The number of hydrogen-bond acceptors (Lipinski definition) is 3. The molecule has 0 N–H and O–H groups in total. The van der Waals surface area contributed by atoms with Crippen LogP contribution < -0.4 is 4.52 Å². The van der Waals surface area contributed by atoms with Gasteiger partial charge in [0.25, 0.3) is 0 Å². The van der Waals surface area contributed by atoms with Crippen LogP contribution in [0.1, 0.15) is 30.5 Å². The third kappa shape index (κ3) is 4.01. The lowest BCUT2D eigenvalue weighted by atomic mass is 9.88. The van der Waals surface area contributed by atoms with Gasteiger partial charge in [-0.3, -0.25) is 0 Å². The zero-order valence-electron chi connectivity index (χ0n) is 15.0. The van der Waals surface area contributed by atoms with Crippen LogP contribution in [0.5, 0.6) is 5.75 Å². The molecule has 0 heterocycles. The van der Waals surface area contributed by atoms with Gasteiger partial charge in [0.1, 0.15) is 0 Å². The molecule has 3 nitrogen and oxygen atoms in total. The van der Waals surface area contributed by atoms with E-state index in [0.29, 0.717) is 5.75 Å². The number of benzene rings is 3. The van der Waals surface area contributed by atoms with Crippen LogP contribution in [-0.2, 0) is 21.1 Å². The molecule has 0 saturated heterocycles. The molecular weight excluding hydrogens is 343 g/mol. The highest BCUT2D eigenvalue weighted by Gasteiger charge is 2.42. The summed E-state index contributed by atoms with van der Waals surface area (Å²) in [5.74, 6) is 0.597. The topological polar surface area (TPSA) is 35.5 Å². The van der Waals surface area contributed by atoms with Crippen molar-refractivity contribution in [1.82, 2.24) is 0 Å². The van der Waals surface area contributed by atoms with E-state index < -0.39 is 13.9 Å².